The standard InChI is InChI=1S/C19H27N5O/c1-14(2)23(3)16-8-6-7-15(13-16)21-19(25)24-12-5-4-9-18(24)17-10-11-20-22-17/h6-8,10-11,13-14,18H,4-5,9,12H2,1-3H3,(H,20,22)(H,21,25)/t18-/m1/s1. The number of aromatic nitrogens is 2. The van der Waals surface area contributed by atoms with E-state index in [9.17, 15) is 4.79 Å². The summed E-state index contributed by atoms with van der Waals surface area (Å²) in [5.74, 6) is 0. The van der Waals surface area contributed by atoms with Crippen LogP contribution in [-0.2, 0) is 0 Å². The molecule has 6 nitrogen and oxygen atoms in total. The highest BCUT2D eigenvalue weighted by Gasteiger charge is 2.29. The summed E-state index contributed by atoms with van der Waals surface area (Å²) >= 11 is 0. The molecule has 6 heteroatoms. The van der Waals surface area contributed by atoms with Crippen molar-refractivity contribution in [1.29, 1.82) is 0 Å². The van der Waals surface area contributed by atoms with Gasteiger partial charge in [-0.15, -0.1) is 0 Å². The Morgan fingerprint density at radius 3 is 2.92 bits per heavy atom. The molecule has 1 fully saturated rings. The highest BCUT2D eigenvalue weighted by atomic mass is 16.2. The Morgan fingerprint density at radius 2 is 2.20 bits per heavy atom. The van der Waals surface area contributed by atoms with E-state index in [1.54, 1.807) is 6.20 Å². The van der Waals surface area contributed by atoms with Gasteiger partial charge in [-0.2, -0.15) is 5.10 Å². The van der Waals surface area contributed by atoms with Gasteiger partial charge in [0.1, 0.15) is 0 Å². The van der Waals surface area contributed by atoms with Crippen LogP contribution in [0.4, 0.5) is 16.2 Å². The van der Waals surface area contributed by atoms with Gasteiger partial charge < -0.3 is 15.1 Å². The third-order valence-corrected chi connectivity index (χ3v) is 4.92. The fraction of sp³-hybridized carbons (Fsp3) is 0.474. The average Bonchev–Trinajstić information content (AvgIpc) is 3.15. The topological polar surface area (TPSA) is 64.3 Å². The summed E-state index contributed by atoms with van der Waals surface area (Å²) < 4.78 is 0. The summed E-state index contributed by atoms with van der Waals surface area (Å²) in [4.78, 5) is 17.0. The number of piperidine rings is 1. The number of carbonyl (C=O) groups excluding carboxylic acids is 1. The third-order valence-electron chi connectivity index (χ3n) is 4.92. The van der Waals surface area contributed by atoms with Crippen molar-refractivity contribution in [3.63, 3.8) is 0 Å². The van der Waals surface area contributed by atoms with Gasteiger partial charge in [0.2, 0.25) is 0 Å². The number of nitrogens with one attached hydrogen (secondary N) is 2. The Bertz CT molecular complexity index is 698. The molecule has 2 aromatic rings. The van der Waals surface area contributed by atoms with Crippen molar-refractivity contribution < 1.29 is 4.79 Å². The van der Waals surface area contributed by atoms with E-state index in [0.29, 0.717) is 6.04 Å². The van der Waals surface area contributed by atoms with Crippen molar-refractivity contribution in [2.75, 3.05) is 23.8 Å². The Labute approximate surface area is 149 Å². The Hall–Kier alpha value is -2.50. The van der Waals surface area contributed by atoms with Crippen LogP contribution >= 0.6 is 0 Å². The van der Waals surface area contributed by atoms with Gasteiger partial charge in [-0.25, -0.2) is 4.79 Å². The smallest absolute Gasteiger partial charge is 0.322 e. The molecule has 0 saturated carbocycles. The van der Waals surface area contributed by atoms with Crippen molar-refractivity contribution in [3.05, 3.63) is 42.2 Å². The van der Waals surface area contributed by atoms with E-state index in [2.05, 4.69) is 47.4 Å². The summed E-state index contributed by atoms with van der Waals surface area (Å²) in [6, 6.07) is 10.4. The quantitative estimate of drug-likeness (QED) is 0.883. The van der Waals surface area contributed by atoms with Crippen LogP contribution in [0, 0.1) is 0 Å². The number of hydrogen-bond donors (Lipinski definition) is 2. The summed E-state index contributed by atoms with van der Waals surface area (Å²) in [5, 5.41) is 10.1. The van der Waals surface area contributed by atoms with Crippen LogP contribution in [0.3, 0.4) is 0 Å². The van der Waals surface area contributed by atoms with Crippen LogP contribution < -0.4 is 10.2 Å². The Balaban J connectivity index is 1.74. The Morgan fingerprint density at radius 1 is 1.36 bits per heavy atom. The maximum Gasteiger partial charge on any atom is 0.322 e. The van der Waals surface area contributed by atoms with E-state index >= 15 is 0 Å². The van der Waals surface area contributed by atoms with Crippen LogP contribution in [0.15, 0.2) is 36.5 Å². The van der Waals surface area contributed by atoms with Crippen LogP contribution in [0.25, 0.3) is 0 Å². The highest BCUT2D eigenvalue weighted by Crippen LogP contribution is 2.30. The zero-order valence-corrected chi connectivity index (χ0v) is 15.2. The number of urea groups is 1. The summed E-state index contributed by atoms with van der Waals surface area (Å²) in [7, 11) is 2.06. The molecule has 0 unspecified atom stereocenters. The molecule has 0 radical (unpaired) electrons. The maximum atomic E-state index is 12.9. The minimum atomic E-state index is -0.0522. The molecule has 0 aliphatic carbocycles. The predicted octanol–water partition coefficient (Wildman–Crippen LogP) is 4.01. The lowest BCUT2D eigenvalue weighted by molar-refractivity contribution is 0.161. The largest absolute Gasteiger partial charge is 0.372 e. The molecule has 1 aliphatic rings. The fourth-order valence-electron chi connectivity index (χ4n) is 3.25. The first-order chi connectivity index (χ1) is 12.1. The molecule has 1 aromatic carbocycles. The van der Waals surface area contributed by atoms with Gasteiger partial charge in [-0.3, -0.25) is 5.10 Å². The van der Waals surface area contributed by atoms with Gasteiger partial charge in [-0.1, -0.05) is 6.07 Å². The van der Waals surface area contributed by atoms with Gasteiger partial charge >= 0.3 is 6.03 Å². The first kappa shape index (κ1) is 17.3. The molecule has 2 amide bonds. The van der Waals surface area contributed by atoms with Crippen molar-refractivity contribution in [1.82, 2.24) is 15.1 Å². The van der Waals surface area contributed by atoms with E-state index in [-0.39, 0.29) is 12.1 Å². The number of amides is 2. The molecular weight excluding hydrogens is 314 g/mol. The molecule has 2 heterocycles. The number of likely N-dealkylation sites (tertiary alicyclic amines) is 1. The summed E-state index contributed by atoms with van der Waals surface area (Å²) in [5.41, 5.74) is 2.92. The van der Waals surface area contributed by atoms with E-state index in [1.165, 1.54) is 0 Å². The second-order valence-corrected chi connectivity index (χ2v) is 6.90. The molecule has 1 aromatic heterocycles. The SMILES string of the molecule is CC(C)N(C)c1cccc(NC(=O)N2CCCC[C@@H]2c2ccn[nH]2)c1. The number of anilines is 2. The molecule has 1 aliphatic heterocycles. The molecule has 3 rings (SSSR count). The molecule has 134 valence electrons. The number of aromatic amines is 1. The average molecular weight is 341 g/mol. The van der Waals surface area contributed by atoms with Crippen molar-refractivity contribution in [2.45, 2.75) is 45.2 Å². The second-order valence-electron chi connectivity index (χ2n) is 6.90. The minimum Gasteiger partial charge on any atom is -0.372 e. The van der Waals surface area contributed by atoms with Gasteiger partial charge in [0.15, 0.2) is 0 Å². The lowest BCUT2D eigenvalue weighted by Crippen LogP contribution is -2.41. The zero-order chi connectivity index (χ0) is 17.8. The summed E-state index contributed by atoms with van der Waals surface area (Å²) in [6.07, 6.45) is 4.87. The number of benzene rings is 1. The van der Waals surface area contributed by atoms with Gasteiger partial charge in [0, 0.05) is 37.2 Å². The monoisotopic (exact) mass is 341 g/mol. The van der Waals surface area contributed by atoms with Crippen LogP contribution in [0.1, 0.15) is 44.8 Å². The number of nitrogens with zero attached hydrogens (tertiary/aromatic N) is 3. The summed E-state index contributed by atoms with van der Waals surface area (Å²) in [6.45, 7) is 5.06. The van der Waals surface area contributed by atoms with Crippen LogP contribution in [-0.4, -0.2) is 40.8 Å². The van der Waals surface area contributed by atoms with E-state index in [4.69, 9.17) is 0 Å². The van der Waals surface area contributed by atoms with E-state index < -0.39 is 0 Å². The van der Waals surface area contributed by atoms with Gasteiger partial charge in [-0.05, 0) is 57.4 Å². The molecule has 0 spiro atoms. The number of carbonyl (C=O) groups is 1. The second kappa shape index (κ2) is 7.59. The molecule has 0 bridgehead atoms. The molecule has 1 saturated heterocycles. The fourth-order valence-corrected chi connectivity index (χ4v) is 3.25. The maximum absolute atomic E-state index is 12.9. The predicted molar refractivity (Wildman–Crippen MR) is 101 cm³/mol. The zero-order valence-electron chi connectivity index (χ0n) is 15.2. The normalized spacial score (nSPS) is 17.6. The van der Waals surface area contributed by atoms with Crippen molar-refractivity contribution in [2.24, 2.45) is 0 Å². The van der Waals surface area contributed by atoms with E-state index in [0.717, 1.165) is 42.9 Å². The van der Waals surface area contributed by atoms with E-state index in [1.807, 2.05) is 29.2 Å². The Kier molecular flexibility index (Phi) is 5.26. The molecular formula is C19H27N5O. The molecule has 1 atom stereocenters. The molecule has 2 N–H and O–H groups in total. The third kappa shape index (κ3) is 3.95. The number of hydrogen-bond acceptors (Lipinski definition) is 3. The lowest BCUT2D eigenvalue weighted by atomic mass is 10.00. The lowest BCUT2D eigenvalue weighted by Gasteiger charge is -2.35. The number of rotatable bonds is 4. The van der Waals surface area contributed by atoms with Gasteiger partial charge in [0.05, 0.1) is 11.7 Å². The minimum absolute atomic E-state index is 0.0522. The van der Waals surface area contributed by atoms with Crippen molar-refractivity contribution >= 4 is 17.4 Å². The van der Waals surface area contributed by atoms with Crippen LogP contribution in [0.5, 0.6) is 0 Å². The first-order valence-electron chi connectivity index (χ1n) is 8.96. The van der Waals surface area contributed by atoms with Crippen molar-refractivity contribution in [3.8, 4) is 0 Å². The molecule has 25 heavy (non-hydrogen) atoms. The number of H-pyrrole nitrogens is 1. The van der Waals surface area contributed by atoms with Crippen LogP contribution in [0.2, 0.25) is 0 Å². The van der Waals surface area contributed by atoms with Gasteiger partial charge in [0.25, 0.3) is 0 Å². The highest BCUT2D eigenvalue weighted by molar-refractivity contribution is 5.90. The first-order valence-corrected chi connectivity index (χ1v) is 8.96.